The Balaban J connectivity index is 2.41. The summed E-state index contributed by atoms with van der Waals surface area (Å²) in [6.45, 7) is 0. The summed E-state index contributed by atoms with van der Waals surface area (Å²) in [6.07, 6.45) is 0. The van der Waals surface area contributed by atoms with Crippen LogP contribution in [-0.2, 0) is 4.79 Å². The van der Waals surface area contributed by atoms with Crippen molar-refractivity contribution in [3.63, 3.8) is 0 Å². The number of hydrogen-bond donors (Lipinski definition) is 2. The van der Waals surface area contributed by atoms with Crippen LogP contribution in [0.1, 0.15) is 11.5 Å². The number of rotatable bonds is 2. The molecule has 1 aromatic rings. The normalized spacial score (nSPS) is 28.9. The number of amides is 1. The first kappa shape index (κ1) is 12.0. The predicted octanol–water partition coefficient (Wildman–Crippen LogP) is 0.563. The van der Waals surface area contributed by atoms with Crippen molar-refractivity contribution in [3.05, 3.63) is 35.6 Å². The van der Waals surface area contributed by atoms with Crippen LogP contribution in [0.15, 0.2) is 24.3 Å². The molecule has 0 aliphatic heterocycles. The van der Waals surface area contributed by atoms with Crippen LogP contribution in [0.2, 0.25) is 0 Å². The molecule has 1 aliphatic carbocycles. The predicted molar refractivity (Wildman–Crippen MR) is 58.6 cm³/mol. The second-order valence-electron chi connectivity index (χ2n) is 4.09. The molecule has 0 saturated heterocycles. The Morgan fingerprint density at radius 1 is 1.39 bits per heavy atom. The van der Waals surface area contributed by atoms with Crippen molar-refractivity contribution in [1.29, 1.82) is 10.5 Å². The number of hydrazine groups is 1. The molecule has 2 rings (SSSR count). The maximum Gasteiger partial charge on any atom is 0.256 e. The zero-order valence-electron chi connectivity index (χ0n) is 9.22. The van der Waals surface area contributed by atoms with E-state index in [1.807, 2.05) is 17.6 Å². The zero-order valence-corrected chi connectivity index (χ0v) is 9.22. The first-order chi connectivity index (χ1) is 8.61. The Morgan fingerprint density at radius 3 is 2.44 bits per heavy atom. The van der Waals surface area contributed by atoms with Crippen molar-refractivity contribution >= 4 is 5.91 Å². The highest BCUT2D eigenvalue weighted by molar-refractivity contribution is 5.91. The van der Waals surface area contributed by atoms with E-state index in [2.05, 4.69) is 0 Å². The topological polar surface area (TPSA) is 103 Å². The number of hydrogen-bond acceptors (Lipinski definition) is 4. The molecule has 0 spiro atoms. The second-order valence-corrected chi connectivity index (χ2v) is 4.09. The lowest BCUT2D eigenvalue weighted by molar-refractivity contribution is -0.124. The minimum atomic E-state index is -1.47. The van der Waals surface area contributed by atoms with Gasteiger partial charge in [-0.3, -0.25) is 10.2 Å². The molecule has 0 radical (unpaired) electrons. The van der Waals surface area contributed by atoms with E-state index >= 15 is 0 Å². The monoisotopic (exact) mass is 244 g/mol. The number of halogens is 1. The van der Waals surface area contributed by atoms with Gasteiger partial charge in [-0.15, -0.1) is 0 Å². The Labute approximate surface area is 103 Å². The van der Waals surface area contributed by atoms with E-state index in [0.29, 0.717) is 5.56 Å². The summed E-state index contributed by atoms with van der Waals surface area (Å²) in [5.41, 5.74) is 1.01. The lowest BCUT2D eigenvalue weighted by Gasteiger charge is -2.06. The molecule has 0 aromatic heterocycles. The summed E-state index contributed by atoms with van der Waals surface area (Å²) in [5, 5.41) is 18.2. The number of nitrogens with one attached hydrogen (secondary N) is 1. The fourth-order valence-electron chi connectivity index (χ4n) is 2.28. The number of carbonyl (C=O) groups excluding carboxylic acids is 1. The maximum atomic E-state index is 12.8. The van der Waals surface area contributed by atoms with Crippen LogP contribution in [0.4, 0.5) is 4.39 Å². The number of nitriles is 2. The third kappa shape index (κ3) is 1.44. The summed E-state index contributed by atoms with van der Waals surface area (Å²) in [7, 11) is 0. The minimum absolute atomic E-state index is 0.418. The number of carbonyl (C=O) groups is 1. The van der Waals surface area contributed by atoms with E-state index in [0.717, 1.165) is 0 Å². The van der Waals surface area contributed by atoms with Crippen molar-refractivity contribution < 1.29 is 9.18 Å². The summed E-state index contributed by atoms with van der Waals surface area (Å²) in [4.78, 5) is 11.7. The van der Waals surface area contributed by atoms with Crippen LogP contribution >= 0.6 is 0 Å². The van der Waals surface area contributed by atoms with Gasteiger partial charge in [-0.2, -0.15) is 10.5 Å². The fourth-order valence-corrected chi connectivity index (χ4v) is 2.28. The molecule has 0 bridgehead atoms. The van der Waals surface area contributed by atoms with Gasteiger partial charge in [0.25, 0.3) is 5.91 Å². The summed E-state index contributed by atoms with van der Waals surface area (Å²) >= 11 is 0. The molecule has 3 unspecified atom stereocenters. The molecule has 1 aromatic carbocycles. The highest BCUT2D eigenvalue weighted by atomic mass is 19.1. The van der Waals surface area contributed by atoms with Crippen LogP contribution in [0.3, 0.4) is 0 Å². The Morgan fingerprint density at radius 2 is 2.00 bits per heavy atom. The van der Waals surface area contributed by atoms with Gasteiger partial charge in [0.05, 0.1) is 18.1 Å². The van der Waals surface area contributed by atoms with Gasteiger partial charge in [-0.05, 0) is 17.7 Å². The van der Waals surface area contributed by atoms with Crippen molar-refractivity contribution in [2.24, 2.45) is 17.2 Å². The lowest BCUT2D eigenvalue weighted by Crippen LogP contribution is -2.38. The van der Waals surface area contributed by atoms with Gasteiger partial charge in [-0.25, -0.2) is 10.2 Å². The Hall–Kier alpha value is -2.44. The van der Waals surface area contributed by atoms with Crippen LogP contribution in [0.5, 0.6) is 0 Å². The average Bonchev–Trinajstić information content (AvgIpc) is 3.07. The molecule has 3 atom stereocenters. The van der Waals surface area contributed by atoms with Crippen molar-refractivity contribution in [1.82, 2.24) is 5.43 Å². The first-order valence-electron chi connectivity index (χ1n) is 5.19. The second kappa shape index (κ2) is 4.10. The average molecular weight is 244 g/mol. The molecule has 18 heavy (non-hydrogen) atoms. The maximum absolute atomic E-state index is 12.8. The van der Waals surface area contributed by atoms with Gasteiger partial charge in [0.2, 0.25) is 0 Å². The molecular weight excluding hydrogens is 235 g/mol. The summed E-state index contributed by atoms with van der Waals surface area (Å²) in [5.74, 6) is 2.59. The van der Waals surface area contributed by atoms with Crippen molar-refractivity contribution in [2.45, 2.75) is 5.92 Å². The van der Waals surface area contributed by atoms with Crippen LogP contribution in [-0.4, -0.2) is 5.91 Å². The third-order valence-electron chi connectivity index (χ3n) is 3.27. The van der Waals surface area contributed by atoms with Crippen molar-refractivity contribution in [3.8, 4) is 12.1 Å². The molecule has 3 N–H and O–H groups in total. The third-order valence-corrected chi connectivity index (χ3v) is 3.27. The number of benzene rings is 1. The van der Waals surface area contributed by atoms with E-state index in [-0.39, 0.29) is 0 Å². The van der Waals surface area contributed by atoms with Gasteiger partial charge in [0.1, 0.15) is 5.82 Å². The van der Waals surface area contributed by atoms with Gasteiger partial charge in [-0.1, -0.05) is 12.1 Å². The van der Waals surface area contributed by atoms with Gasteiger partial charge < -0.3 is 0 Å². The first-order valence-corrected chi connectivity index (χ1v) is 5.19. The van der Waals surface area contributed by atoms with E-state index in [9.17, 15) is 9.18 Å². The lowest BCUT2D eigenvalue weighted by atomic mass is 9.99. The van der Waals surface area contributed by atoms with Crippen LogP contribution < -0.4 is 11.3 Å². The summed E-state index contributed by atoms with van der Waals surface area (Å²) in [6, 6.07) is 9.17. The van der Waals surface area contributed by atoms with E-state index in [1.165, 1.54) is 24.3 Å². The quantitative estimate of drug-likeness (QED) is 0.450. The molecule has 1 amide bonds. The number of nitrogens with zero attached hydrogens (tertiary/aromatic N) is 2. The highest BCUT2D eigenvalue weighted by Crippen LogP contribution is 2.64. The molecule has 5 nitrogen and oxygen atoms in total. The van der Waals surface area contributed by atoms with Gasteiger partial charge in [0, 0.05) is 5.92 Å². The van der Waals surface area contributed by atoms with Crippen LogP contribution in [0, 0.1) is 39.8 Å². The van der Waals surface area contributed by atoms with E-state index < -0.39 is 29.0 Å². The molecule has 0 heterocycles. The Bertz CT molecular complexity index is 571. The molecular formula is C12H9FN4O. The molecule has 1 fully saturated rings. The van der Waals surface area contributed by atoms with Crippen molar-refractivity contribution in [2.75, 3.05) is 0 Å². The molecule has 90 valence electrons. The molecule has 1 saturated carbocycles. The highest BCUT2D eigenvalue weighted by Gasteiger charge is 2.72. The van der Waals surface area contributed by atoms with Gasteiger partial charge in [0.15, 0.2) is 5.41 Å². The SMILES string of the molecule is N#CC1C(c2ccc(F)cc2)C1(C#N)C(=O)NN. The molecule has 6 heteroatoms. The molecule has 1 aliphatic rings. The van der Waals surface area contributed by atoms with E-state index in [4.69, 9.17) is 16.4 Å². The zero-order chi connectivity index (χ0) is 13.3. The number of nitrogens with two attached hydrogens (primary N) is 1. The minimum Gasteiger partial charge on any atom is -0.293 e. The van der Waals surface area contributed by atoms with Crippen LogP contribution in [0.25, 0.3) is 0 Å². The largest absolute Gasteiger partial charge is 0.293 e. The Kier molecular flexibility index (Phi) is 2.74. The smallest absolute Gasteiger partial charge is 0.256 e. The summed E-state index contributed by atoms with van der Waals surface area (Å²) < 4.78 is 12.8. The fraction of sp³-hybridized carbons (Fsp3) is 0.250. The standard InChI is InChI=1S/C12H9FN4O/c13-8-3-1-7(2-4-8)10-9(5-14)12(10,6-15)11(18)17-16/h1-4,9-10H,16H2,(H,17,18). The van der Waals surface area contributed by atoms with Gasteiger partial charge >= 0.3 is 0 Å². The van der Waals surface area contributed by atoms with E-state index in [1.54, 1.807) is 0 Å².